The molecule has 212 valence electrons. The number of likely N-dealkylation sites (tertiary alicyclic amines) is 1. The highest BCUT2D eigenvalue weighted by atomic mass is 16.6. The van der Waals surface area contributed by atoms with Crippen molar-refractivity contribution in [2.75, 3.05) is 24.7 Å². The standard InChI is InChI=1S/C31H42N2O6/c1-8-10-16-38-29(37)25-24-27(35)33(23(18-34)19(3)4)26(31(24)14-13-30(25,7)39-31)28(36)32(15-9-2)22-17-20(5)11-12-21(22)6/h8-9,11-12,17,19,23-26,34H,1-2,10,13-16,18H2,3-7H3/t23-,24-,25-,26?,30+,31?/m0/s1. The molecule has 4 rings (SSSR count). The number of aliphatic hydroxyl groups is 1. The van der Waals surface area contributed by atoms with Crippen LogP contribution in [0.25, 0.3) is 0 Å². The number of esters is 1. The zero-order chi connectivity index (χ0) is 28.7. The first-order valence-corrected chi connectivity index (χ1v) is 13.9. The van der Waals surface area contributed by atoms with Crippen molar-refractivity contribution in [1.29, 1.82) is 0 Å². The average Bonchev–Trinajstić information content (AvgIpc) is 3.45. The van der Waals surface area contributed by atoms with Crippen molar-refractivity contribution >= 4 is 23.5 Å². The molecule has 0 saturated carbocycles. The summed E-state index contributed by atoms with van der Waals surface area (Å²) >= 11 is 0. The molecule has 2 unspecified atom stereocenters. The number of rotatable bonds is 11. The van der Waals surface area contributed by atoms with E-state index in [-0.39, 0.29) is 37.5 Å². The lowest BCUT2D eigenvalue weighted by atomic mass is 9.66. The monoisotopic (exact) mass is 538 g/mol. The largest absolute Gasteiger partial charge is 0.465 e. The summed E-state index contributed by atoms with van der Waals surface area (Å²) < 4.78 is 12.3. The van der Waals surface area contributed by atoms with Gasteiger partial charge in [-0.3, -0.25) is 14.4 Å². The van der Waals surface area contributed by atoms with E-state index in [2.05, 4.69) is 13.2 Å². The van der Waals surface area contributed by atoms with E-state index in [1.54, 1.807) is 17.1 Å². The Morgan fingerprint density at radius 3 is 2.59 bits per heavy atom. The molecule has 0 aliphatic carbocycles. The number of amides is 2. The van der Waals surface area contributed by atoms with E-state index in [9.17, 15) is 19.5 Å². The number of carbonyl (C=O) groups is 3. The molecule has 3 aliphatic rings. The maximum Gasteiger partial charge on any atom is 0.312 e. The van der Waals surface area contributed by atoms with Crippen LogP contribution in [0.5, 0.6) is 0 Å². The Balaban J connectivity index is 1.85. The van der Waals surface area contributed by atoms with Crippen molar-refractivity contribution in [3.8, 4) is 0 Å². The van der Waals surface area contributed by atoms with E-state index in [0.717, 1.165) is 16.8 Å². The highest BCUT2D eigenvalue weighted by molar-refractivity contribution is 6.05. The molecule has 2 amide bonds. The van der Waals surface area contributed by atoms with Crippen molar-refractivity contribution in [1.82, 2.24) is 4.90 Å². The van der Waals surface area contributed by atoms with E-state index in [1.807, 2.05) is 52.8 Å². The molecule has 0 aromatic heterocycles. The molecule has 1 aromatic rings. The van der Waals surface area contributed by atoms with E-state index >= 15 is 0 Å². The minimum Gasteiger partial charge on any atom is -0.465 e. The summed E-state index contributed by atoms with van der Waals surface area (Å²) in [7, 11) is 0. The van der Waals surface area contributed by atoms with Gasteiger partial charge in [-0.1, -0.05) is 38.1 Å². The van der Waals surface area contributed by atoms with Gasteiger partial charge in [0.25, 0.3) is 5.91 Å². The molecule has 3 saturated heterocycles. The summed E-state index contributed by atoms with van der Waals surface area (Å²) in [6, 6.07) is 4.27. The van der Waals surface area contributed by atoms with Crippen molar-refractivity contribution < 1.29 is 29.0 Å². The van der Waals surface area contributed by atoms with Gasteiger partial charge in [-0.15, -0.1) is 13.2 Å². The first-order valence-electron chi connectivity index (χ1n) is 13.9. The number of hydrogen-bond donors (Lipinski definition) is 1. The van der Waals surface area contributed by atoms with Gasteiger partial charge in [0.2, 0.25) is 5.91 Å². The van der Waals surface area contributed by atoms with Gasteiger partial charge in [0, 0.05) is 12.2 Å². The third kappa shape index (κ3) is 4.61. The summed E-state index contributed by atoms with van der Waals surface area (Å²) in [6.45, 7) is 17.2. The van der Waals surface area contributed by atoms with Crippen LogP contribution in [0, 0.1) is 31.6 Å². The lowest BCUT2D eigenvalue weighted by Crippen LogP contribution is -2.60. The summed E-state index contributed by atoms with van der Waals surface area (Å²) in [4.78, 5) is 45.7. The third-order valence-corrected chi connectivity index (χ3v) is 8.82. The van der Waals surface area contributed by atoms with E-state index in [4.69, 9.17) is 9.47 Å². The Bertz CT molecular complexity index is 1160. The Kier molecular flexibility index (Phi) is 8.11. The minimum atomic E-state index is -1.20. The minimum absolute atomic E-state index is 0.135. The second-order valence-corrected chi connectivity index (χ2v) is 11.7. The van der Waals surface area contributed by atoms with Gasteiger partial charge in [-0.25, -0.2) is 0 Å². The highest BCUT2D eigenvalue weighted by Gasteiger charge is 2.79. The van der Waals surface area contributed by atoms with Gasteiger partial charge in [-0.05, 0) is 63.1 Å². The zero-order valence-corrected chi connectivity index (χ0v) is 23.8. The second-order valence-electron chi connectivity index (χ2n) is 11.7. The number of aryl methyl sites for hydroxylation is 2. The molecule has 1 spiro atoms. The lowest BCUT2D eigenvalue weighted by molar-refractivity contribution is -0.160. The molecule has 39 heavy (non-hydrogen) atoms. The van der Waals surface area contributed by atoms with Crippen LogP contribution in [0.2, 0.25) is 0 Å². The van der Waals surface area contributed by atoms with Gasteiger partial charge >= 0.3 is 5.97 Å². The Hall–Kier alpha value is -2.97. The number of benzene rings is 1. The average molecular weight is 539 g/mol. The number of anilines is 1. The summed E-state index contributed by atoms with van der Waals surface area (Å²) in [6.07, 6.45) is 4.80. The molecule has 3 aliphatic heterocycles. The number of fused-ring (bicyclic) bond motifs is 1. The summed E-state index contributed by atoms with van der Waals surface area (Å²) in [5, 5.41) is 10.4. The van der Waals surface area contributed by atoms with Crippen LogP contribution >= 0.6 is 0 Å². The molecule has 6 atom stereocenters. The van der Waals surface area contributed by atoms with Gasteiger partial charge in [0.05, 0.1) is 30.8 Å². The second kappa shape index (κ2) is 10.9. The van der Waals surface area contributed by atoms with Crippen molar-refractivity contribution in [3.05, 3.63) is 54.6 Å². The molecule has 8 nitrogen and oxygen atoms in total. The summed E-state index contributed by atoms with van der Waals surface area (Å²) in [5.41, 5.74) is 0.513. The van der Waals surface area contributed by atoms with Crippen LogP contribution in [0.3, 0.4) is 0 Å². The molecule has 1 N–H and O–H groups in total. The predicted molar refractivity (Wildman–Crippen MR) is 149 cm³/mol. The van der Waals surface area contributed by atoms with Crippen molar-refractivity contribution in [2.24, 2.45) is 17.8 Å². The Morgan fingerprint density at radius 2 is 1.97 bits per heavy atom. The van der Waals surface area contributed by atoms with E-state index < -0.39 is 41.1 Å². The molecule has 2 bridgehead atoms. The maximum absolute atomic E-state index is 14.7. The smallest absolute Gasteiger partial charge is 0.312 e. The predicted octanol–water partition coefficient (Wildman–Crippen LogP) is 3.72. The molecular weight excluding hydrogens is 496 g/mol. The molecule has 3 fully saturated rings. The number of ether oxygens (including phenoxy) is 2. The fourth-order valence-corrected chi connectivity index (χ4v) is 6.90. The Labute approximate surface area is 231 Å². The zero-order valence-electron chi connectivity index (χ0n) is 23.8. The van der Waals surface area contributed by atoms with Crippen LogP contribution in [0.4, 0.5) is 5.69 Å². The lowest BCUT2D eigenvalue weighted by Gasteiger charge is -2.40. The highest BCUT2D eigenvalue weighted by Crippen LogP contribution is 2.64. The SMILES string of the molecule is C=CCCOC(=O)[C@@H]1[C@H]2C(=O)N([C@@H](CO)C(C)C)C(C(=O)N(CC=C)c3cc(C)ccc3C)C23CC[C@@]1(C)O3. The van der Waals surface area contributed by atoms with Gasteiger partial charge in [0.15, 0.2) is 0 Å². The normalized spacial score (nSPS) is 29.9. The molecule has 0 radical (unpaired) electrons. The molecule has 8 heteroatoms. The first-order chi connectivity index (χ1) is 18.5. The van der Waals surface area contributed by atoms with Crippen LogP contribution in [0.15, 0.2) is 43.5 Å². The molecule has 3 heterocycles. The van der Waals surface area contributed by atoms with Crippen molar-refractivity contribution in [2.45, 2.75) is 77.2 Å². The van der Waals surface area contributed by atoms with Crippen LogP contribution in [-0.4, -0.2) is 70.8 Å². The quantitative estimate of drug-likeness (QED) is 0.262. The van der Waals surface area contributed by atoms with Crippen LogP contribution in [0.1, 0.15) is 51.2 Å². The van der Waals surface area contributed by atoms with Crippen LogP contribution < -0.4 is 4.90 Å². The fourth-order valence-electron chi connectivity index (χ4n) is 6.90. The number of aliphatic hydroxyl groups excluding tert-OH is 1. The number of carbonyl (C=O) groups excluding carboxylic acids is 3. The summed E-state index contributed by atoms with van der Waals surface area (Å²) in [5.74, 6) is -2.99. The van der Waals surface area contributed by atoms with E-state index in [0.29, 0.717) is 19.3 Å². The van der Waals surface area contributed by atoms with Crippen LogP contribution in [-0.2, 0) is 23.9 Å². The van der Waals surface area contributed by atoms with Gasteiger partial charge in [0.1, 0.15) is 17.6 Å². The van der Waals surface area contributed by atoms with Crippen molar-refractivity contribution in [3.63, 3.8) is 0 Å². The fraction of sp³-hybridized carbons (Fsp3) is 0.581. The van der Waals surface area contributed by atoms with E-state index in [1.165, 1.54) is 4.90 Å². The maximum atomic E-state index is 14.7. The number of hydrogen-bond acceptors (Lipinski definition) is 6. The Morgan fingerprint density at radius 1 is 1.26 bits per heavy atom. The molecular formula is C31H42N2O6. The topological polar surface area (TPSA) is 96.4 Å². The van der Waals surface area contributed by atoms with Gasteiger partial charge < -0.3 is 24.4 Å². The first kappa shape index (κ1) is 29.0. The number of nitrogens with zero attached hydrogens (tertiary/aromatic N) is 2. The third-order valence-electron chi connectivity index (χ3n) is 8.82. The molecule has 1 aromatic carbocycles. The van der Waals surface area contributed by atoms with Gasteiger partial charge in [-0.2, -0.15) is 0 Å².